The standard InChI is InChI=1S/C40H25NOS/c1-2-12-28(13-3-1)41(30-21-22-33-32-15-4-6-18-35(32)42-36(33)25-30)29-14-8-11-27(24-29)31-17-9-10-26-20-23-38-40(39(26)31)34-16-5-7-19-37(34)43-38/h1-25H. The first kappa shape index (κ1) is 24.2. The Morgan fingerprint density at radius 3 is 2.12 bits per heavy atom. The van der Waals surface area contributed by atoms with Crippen LogP contribution in [0.15, 0.2) is 156 Å². The fraction of sp³-hybridized carbons (Fsp3) is 0. The normalized spacial score (nSPS) is 11.7. The lowest BCUT2D eigenvalue weighted by molar-refractivity contribution is 0.669. The Balaban J connectivity index is 1.26. The van der Waals surface area contributed by atoms with Crippen molar-refractivity contribution in [1.29, 1.82) is 0 Å². The second-order valence-corrected chi connectivity index (χ2v) is 12.0. The predicted molar refractivity (Wildman–Crippen MR) is 184 cm³/mol. The average molecular weight is 568 g/mol. The van der Waals surface area contributed by atoms with Crippen LogP contribution in [0.3, 0.4) is 0 Å². The number of fused-ring (bicyclic) bond motifs is 8. The van der Waals surface area contributed by atoms with Crippen molar-refractivity contribution >= 4 is 81.3 Å². The maximum atomic E-state index is 6.30. The van der Waals surface area contributed by atoms with Crippen molar-refractivity contribution in [3.63, 3.8) is 0 Å². The quantitative estimate of drug-likeness (QED) is 0.210. The number of hydrogen-bond acceptors (Lipinski definition) is 3. The summed E-state index contributed by atoms with van der Waals surface area (Å²) in [6, 6.07) is 54.2. The van der Waals surface area contributed by atoms with Crippen LogP contribution in [0.25, 0.3) is 64.0 Å². The molecule has 2 heterocycles. The molecule has 0 amide bonds. The Morgan fingerprint density at radius 2 is 1.19 bits per heavy atom. The molecule has 43 heavy (non-hydrogen) atoms. The highest BCUT2D eigenvalue weighted by molar-refractivity contribution is 7.26. The highest BCUT2D eigenvalue weighted by Gasteiger charge is 2.17. The van der Waals surface area contributed by atoms with E-state index in [1.165, 1.54) is 42.1 Å². The van der Waals surface area contributed by atoms with E-state index in [4.69, 9.17) is 4.42 Å². The van der Waals surface area contributed by atoms with Crippen molar-refractivity contribution < 1.29 is 4.42 Å². The number of anilines is 3. The lowest BCUT2D eigenvalue weighted by Gasteiger charge is -2.26. The summed E-state index contributed by atoms with van der Waals surface area (Å²) in [4.78, 5) is 2.32. The first-order chi connectivity index (χ1) is 21.3. The summed E-state index contributed by atoms with van der Waals surface area (Å²) in [6.45, 7) is 0. The molecular formula is C40H25NOS. The molecule has 2 nitrogen and oxygen atoms in total. The highest BCUT2D eigenvalue weighted by Crippen LogP contribution is 2.44. The van der Waals surface area contributed by atoms with Crippen molar-refractivity contribution in [2.45, 2.75) is 0 Å². The molecule has 0 radical (unpaired) electrons. The number of para-hydroxylation sites is 2. The minimum Gasteiger partial charge on any atom is -0.456 e. The number of nitrogens with zero attached hydrogens (tertiary/aromatic N) is 1. The third-order valence-corrected chi connectivity index (χ3v) is 9.57. The molecule has 0 unspecified atom stereocenters. The smallest absolute Gasteiger partial charge is 0.137 e. The van der Waals surface area contributed by atoms with Crippen LogP contribution >= 0.6 is 11.3 Å². The summed E-state index contributed by atoms with van der Waals surface area (Å²) in [5.41, 5.74) is 7.48. The van der Waals surface area contributed by atoms with E-state index in [0.717, 1.165) is 39.0 Å². The maximum Gasteiger partial charge on any atom is 0.137 e. The lowest BCUT2D eigenvalue weighted by atomic mass is 9.94. The molecule has 0 aliphatic carbocycles. The van der Waals surface area contributed by atoms with E-state index < -0.39 is 0 Å². The van der Waals surface area contributed by atoms with Crippen molar-refractivity contribution in [3.05, 3.63) is 152 Å². The third kappa shape index (κ3) is 3.86. The van der Waals surface area contributed by atoms with E-state index in [-0.39, 0.29) is 0 Å². The molecule has 0 atom stereocenters. The fourth-order valence-corrected chi connectivity index (χ4v) is 7.64. The summed E-state index contributed by atoms with van der Waals surface area (Å²) in [7, 11) is 0. The topological polar surface area (TPSA) is 16.4 Å². The van der Waals surface area contributed by atoms with Gasteiger partial charge in [-0.15, -0.1) is 11.3 Å². The third-order valence-electron chi connectivity index (χ3n) is 8.43. The number of hydrogen-bond donors (Lipinski definition) is 0. The molecule has 0 N–H and O–H groups in total. The van der Waals surface area contributed by atoms with Crippen LogP contribution < -0.4 is 4.90 Å². The van der Waals surface area contributed by atoms with Gasteiger partial charge in [0, 0.05) is 54.1 Å². The van der Waals surface area contributed by atoms with Gasteiger partial charge in [-0.3, -0.25) is 0 Å². The second kappa shape index (κ2) is 9.59. The first-order valence-electron chi connectivity index (χ1n) is 14.5. The number of benzene rings is 7. The lowest BCUT2D eigenvalue weighted by Crippen LogP contribution is -2.09. The van der Waals surface area contributed by atoms with E-state index in [9.17, 15) is 0 Å². The first-order valence-corrected chi connectivity index (χ1v) is 15.3. The van der Waals surface area contributed by atoms with Gasteiger partial charge >= 0.3 is 0 Å². The molecule has 9 rings (SSSR count). The molecule has 2 aromatic heterocycles. The Hall–Kier alpha value is -5.38. The molecule has 202 valence electrons. The van der Waals surface area contributed by atoms with Gasteiger partial charge in [0.05, 0.1) is 0 Å². The molecule has 7 aromatic carbocycles. The van der Waals surface area contributed by atoms with Crippen LogP contribution in [0.4, 0.5) is 17.1 Å². The second-order valence-electron chi connectivity index (χ2n) is 10.9. The van der Waals surface area contributed by atoms with Gasteiger partial charge in [0.1, 0.15) is 11.2 Å². The Bertz CT molecular complexity index is 2470. The highest BCUT2D eigenvalue weighted by atomic mass is 32.1. The largest absolute Gasteiger partial charge is 0.456 e. The molecule has 9 aromatic rings. The molecule has 0 bridgehead atoms. The predicted octanol–water partition coefficient (Wildman–Crippen LogP) is 12.2. The Morgan fingerprint density at radius 1 is 0.442 bits per heavy atom. The molecule has 0 fully saturated rings. The molecule has 0 aliphatic rings. The van der Waals surface area contributed by atoms with Gasteiger partial charge in [-0.05, 0) is 76.5 Å². The zero-order valence-corrected chi connectivity index (χ0v) is 24.0. The van der Waals surface area contributed by atoms with Crippen molar-refractivity contribution in [2.75, 3.05) is 4.90 Å². The molecular weight excluding hydrogens is 543 g/mol. The molecule has 0 saturated carbocycles. The molecule has 0 aliphatic heterocycles. The minimum absolute atomic E-state index is 0.886. The summed E-state index contributed by atoms with van der Waals surface area (Å²) in [5, 5.41) is 7.50. The van der Waals surface area contributed by atoms with Gasteiger partial charge in [-0.2, -0.15) is 0 Å². The van der Waals surface area contributed by atoms with Crippen LogP contribution in [-0.2, 0) is 0 Å². The van der Waals surface area contributed by atoms with Gasteiger partial charge in [-0.25, -0.2) is 0 Å². The van der Waals surface area contributed by atoms with Gasteiger partial charge in [0.2, 0.25) is 0 Å². The molecule has 0 spiro atoms. The zero-order chi connectivity index (χ0) is 28.3. The van der Waals surface area contributed by atoms with Crippen LogP contribution in [0, 0.1) is 0 Å². The van der Waals surface area contributed by atoms with Crippen LogP contribution in [0.5, 0.6) is 0 Å². The van der Waals surface area contributed by atoms with Crippen LogP contribution in [0.1, 0.15) is 0 Å². The fourth-order valence-electron chi connectivity index (χ4n) is 6.52. The Labute approximate surface area is 252 Å². The van der Waals surface area contributed by atoms with Gasteiger partial charge in [-0.1, -0.05) is 91.0 Å². The molecule has 0 saturated heterocycles. The van der Waals surface area contributed by atoms with E-state index in [0.29, 0.717) is 0 Å². The summed E-state index contributed by atoms with van der Waals surface area (Å²) >= 11 is 1.87. The van der Waals surface area contributed by atoms with E-state index in [2.05, 4.69) is 144 Å². The Kier molecular flexibility index (Phi) is 5.40. The van der Waals surface area contributed by atoms with Crippen molar-refractivity contribution in [2.24, 2.45) is 0 Å². The maximum absolute atomic E-state index is 6.30. The average Bonchev–Trinajstić information content (AvgIpc) is 3.63. The van der Waals surface area contributed by atoms with Gasteiger partial charge < -0.3 is 9.32 Å². The van der Waals surface area contributed by atoms with Gasteiger partial charge in [0.15, 0.2) is 0 Å². The van der Waals surface area contributed by atoms with E-state index >= 15 is 0 Å². The van der Waals surface area contributed by atoms with Gasteiger partial charge in [0.25, 0.3) is 0 Å². The summed E-state index contributed by atoms with van der Waals surface area (Å²) in [6.07, 6.45) is 0. The summed E-state index contributed by atoms with van der Waals surface area (Å²) < 4.78 is 8.94. The number of rotatable bonds is 4. The van der Waals surface area contributed by atoms with E-state index in [1.54, 1.807) is 0 Å². The zero-order valence-electron chi connectivity index (χ0n) is 23.2. The SMILES string of the molecule is c1ccc(N(c2cccc(-c3cccc4ccc5sc6ccccc6c5c34)c2)c2ccc3c(c2)oc2ccccc23)cc1. The van der Waals surface area contributed by atoms with E-state index in [1.807, 2.05) is 23.5 Å². The van der Waals surface area contributed by atoms with Crippen molar-refractivity contribution in [3.8, 4) is 11.1 Å². The van der Waals surface area contributed by atoms with Crippen LogP contribution in [0.2, 0.25) is 0 Å². The number of furan rings is 1. The molecule has 3 heteroatoms. The monoisotopic (exact) mass is 567 g/mol. The minimum atomic E-state index is 0.886. The number of thiophene rings is 1. The summed E-state index contributed by atoms with van der Waals surface area (Å²) in [5.74, 6) is 0. The van der Waals surface area contributed by atoms with Crippen LogP contribution in [-0.4, -0.2) is 0 Å². The van der Waals surface area contributed by atoms with Crippen molar-refractivity contribution in [1.82, 2.24) is 0 Å².